The van der Waals surface area contributed by atoms with Gasteiger partial charge < -0.3 is 15.0 Å². The monoisotopic (exact) mass is 296 g/mol. The number of hydrogen-bond acceptors (Lipinski definition) is 3. The normalized spacial score (nSPS) is 24.6. The van der Waals surface area contributed by atoms with Gasteiger partial charge in [0.05, 0.1) is 18.7 Å². The Morgan fingerprint density at radius 3 is 2.80 bits per heavy atom. The quantitative estimate of drug-likeness (QED) is 0.896. The van der Waals surface area contributed by atoms with E-state index in [-0.39, 0.29) is 30.4 Å². The Bertz CT molecular complexity index is 475. The minimum Gasteiger partial charge on any atom is -0.379 e. The summed E-state index contributed by atoms with van der Waals surface area (Å²) in [5.41, 5.74) is 2.59. The first kappa shape index (κ1) is 15.3. The van der Waals surface area contributed by atoms with Crippen LogP contribution in [0, 0.1) is 0 Å². The lowest BCUT2D eigenvalue weighted by Gasteiger charge is -2.31. The molecule has 1 saturated heterocycles. The van der Waals surface area contributed by atoms with Crippen LogP contribution >= 0.6 is 12.4 Å². The van der Waals surface area contributed by atoms with Gasteiger partial charge in [0.25, 0.3) is 0 Å². The van der Waals surface area contributed by atoms with E-state index in [1.807, 2.05) is 24.1 Å². The molecular formula is C15H21ClN2O2. The lowest BCUT2D eigenvalue weighted by atomic mass is 9.95. The molecule has 1 amide bonds. The van der Waals surface area contributed by atoms with Crippen molar-refractivity contribution in [2.75, 3.05) is 20.3 Å². The molecule has 2 atom stereocenters. The number of ether oxygens (including phenoxy) is 1. The highest BCUT2D eigenvalue weighted by Crippen LogP contribution is 2.19. The van der Waals surface area contributed by atoms with Gasteiger partial charge in [-0.1, -0.05) is 24.3 Å². The first-order valence-electron chi connectivity index (χ1n) is 6.90. The first-order chi connectivity index (χ1) is 9.25. The second kappa shape index (κ2) is 6.57. The SMILES string of the molecule is CN(C(=O)C1Cc2ccccc2CN1)C1CCOC1.Cl. The first-order valence-corrected chi connectivity index (χ1v) is 6.90. The van der Waals surface area contributed by atoms with E-state index in [9.17, 15) is 4.79 Å². The van der Waals surface area contributed by atoms with Gasteiger partial charge in [-0.25, -0.2) is 0 Å². The summed E-state index contributed by atoms with van der Waals surface area (Å²) < 4.78 is 5.36. The van der Waals surface area contributed by atoms with Gasteiger partial charge >= 0.3 is 0 Å². The van der Waals surface area contributed by atoms with Gasteiger partial charge in [0.15, 0.2) is 0 Å². The second-order valence-corrected chi connectivity index (χ2v) is 5.37. The molecule has 20 heavy (non-hydrogen) atoms. The molecule has 3 rings (SSSR count). The van der Waals surface area contributed by atoms with Gasteiger partial charge in [0.1, 0.15) is 0 Å². The topological polar surface area (TPSA) is 41.6 Å². The van der Waals surface area contributed by atoms with Crippen LogP contribution in [-0.4, -0.2) is 43.2 Å². The summed E-state index contributed by atoms with van der Waals surface area (Å²) in [5, 5.41) is 3.35. The van der Waals surface area contributed by atoms with Crippen molar-refractivity contribution in [3.8, 4) is 0 Å². The highest BCUT2D eigenvalue weighted by Gasteiger charge is 2.31. The Hall–Kier alpha value is -1.10. The van der Waals surface area contributed by atoms with Crippen LogP contribution in [0.3, 0.4) is 0 Å². The molecule has 5 heteroatoms. The maximum absolute atomic E-state index is 12.5. The fourth-order valence-corrected chi connectivity index (χ4v) is 2.88. The van der Waals surface area contributed by atoms with Gasteiger partial charge in [-0.3, -0.25) is 4.79 Å². The minimum atomic E-state index is -0.0968. The Labute approximate surface area is 125 Å². The molecule has 1 aromatic rings. The van der Waals surface area contributed by atoms with Gasteiger partial charge in [0.2, 0.25) is 5.91 Å². The van der Waals surface area contributed by atoms with E-state index in [0.717, 1.165) is 26.0 Å². The molecular weight excluding hydrogens is 276 g/mol. The number of fused-ring (bicyclic) bond motifs is 1. The van der Waals surface area contributed by atoms with Crippen LogP contribution < -0.4 is 5.32 Å². The maximum Gasteiger partial charge on any atom is 0.240 e. The van der Waals surface area contributed by atoms with Gasteiger partial charge in [-0.05, 0) is 24.0 Å². The zero-order valence-electron chi connectivity index (χ0n) is 11.7. The molecule has 110 valence electrons. The van der Waals surface area contributed by atoms with Crippen LogP contribution in [0.4, 0.5) is 0 Å². The summed E-state index contributed by atoms with van der Waals surface area (Å²) in [5.74, 6) is 0.185. The predicted octanol–water partition coefficient (Wildman–Crippen LogP) is 1.37. The van der Waals surface area contributed by atoms with Crippen LogP contribution in [0.5, 0.6) is 0 Å². The van der Waals surface area contributed by atoms with E-state index in [1.165, 1.54) is 11.1 Å². The second-order valence-electron chi connectivity index (χ2n) is 5.37. The average molecular weight is 297 g/mol. The largest absolute Gasteiger partial charge is 0.379 e. The van der Waals surface area contributed by atoms with Crippen molar-refractivity contribution in [3.05, 3.63) is 35.4 Å². The van der Waals surface area contributed by atoms with Crippen LogP contribution in [0.15, 0.2) is 24.3 Å². The zero-order chi connectivity index (χ0) is 13.2. The molecule has 1 aromatic carbocycles. The smallest absolute Gasteiger partial charge is 0.240 e. The fraction of sp³-hybridized carbons (Fsp3) is 0.533. The van der Waals surface area contributed by atoms with Crippen molar-refractivity contribution in [2.45, 2.75) is 31.5 Å². The van der Waals surface area contributed by atoms with Crippen molar-refractivity contribution in [1.82, 2.24) is 10.2 Å². The number of carbonyl (C=O) groups is 1. The van der Waals surface area contributed by atoms with Crippen molar-refractivity contribution < 1.29 is 9.53 Å². The summed E-state index contributed by atoms with van der Waals surface area (Å²) in [4.78, 5) is 14.4. The molecule has 1 N–H and O–H groups in total. The van der Waals surface area contributed by atoms with E-state index in [1.54, 1.807) is 0 Å². The molecule has 0 aromatic heterocycles. The van der Waals surface area contributed by atoms with E-state index in [0.29, 0.717) is 6.61 Å². The molecule has 0 spiro atoms. The van der Waals surface area contributed by atoms with E-state index < -0.39 is 0 Å². The summed E-state index contributed by atoms with van der Waals surface area (Å²) in [6.07, 6.45) is 1.73. The Morgan fingerprint density at radius 2 is 2.10 bits per heavy atom. The van der Waals surface area contributed by atoms with E-state index in [2.05, 4.69) is 17.4 Å². The van der Waals surface area contributed by atoms with Crippen molar-refractivity contribution in [2.24, 2.45) is 0 Å². The third-order valence-corrected chi connectivity index (χ3v) is 4.18. The van der Waals surface area contributed by atoms with Gasteiger partial charge in [0, 0.05) is 20.2 Å². The zero-order valence-corrected chi connectivity index (χ0v) is 12.5. The number of carbonyl (C=O) groups excluding carboxylic acids is 1. The van der Waals surface area contributed by atoms with Crippen LogP contribution in [0.1, 0.15) is 17.5 Å². The van der Waals surface area contributed by atoms with Crippen LogP contribution in [-0.2, 0) is 22.5 Å². The highest BCUT2D eigenvalue weighted by atomic mass is 35.5. The number of halogens is 1. The molecule has 2 heterocycles. The number of hydrogen-bond donors (Lipinski definition) is 1. The lowest BCUT2D eigenvalue weighted by molar-refractivity contribution is -0.134. The molecule has 0 bridgehead atoms. The number of likely N-dealkylation sites (N-methyl/N-ethyl adjacent to an activating group) is 1. The Kier molecular flexibility index (Phi) is 5.02. The number of nitrogens with one attached hydrogen (secondary N) is 1. The summed E-state index contributed by atoms with van der Waals surface area (Å²) in [7, 11) is 1.89. The number of benzene rings is 1. The third-order valence-electron chi connectivity index (χ3n) is 4.18. The molecule has 1 fully saturated rings. The number of rotatable bonds is 2. The molecule has 0 aliphatic carbocycles. The van der Waals surface area contributed by atoms with Crippen LogP contribution in [0.2, 0.25) is 0 Å². The lowest BCUT2D eigenvalue weighted by Crippen LogP contribution is -2.51. The molecule has 2 unspecified atom stereocenters. The Morgan fingerprint density at radius 1 is 1.35 bits per heavy atom. The minimum absolute atomic E-state index is 0. The van der Waals surface area contributed by atoms with Crippen molar-refractivity contribution in [1.29, 1.82) is 0 Å². The average Bonchev–Trinajstić information content (AvgIpc) is 2.99. The molecule has 2 aliphatic rings. The summed E-state index contributed by atoms with van der Waals surface area (Å²) >= 11 is 0. The van der Waals surface area contributed by atoms with E-state index >= 15 is 0 Å². The Balaban J connectivity index is 0.00000147. The molecule has 4 nitrogen and oxygen atoms in total. The molecule has 2 aliphatic heterocycles. The van der Waals surface area contributed by atoms with Crippen molar-refractivity contribution >= 4 is 18.3 Å². The van der Waals surface area contributed by atoms with Crippen molar-refractivity contribution in [3.63, 3.8) is 0 Å². The fourth-order valence-electron chi connectivity index (χ4n) is 2.88. The number of amides is 1. The third kappa shape index (κ3) is 2.97. The predicted molar refractivity (Wildman–Crippen MR) is 80.0 cm³/mol. The standard InChI is InChI=1S/C15H20N2O2.ClH/c1-17(13-6-7-19-10-13)15(18)14-8-11-4-2-3-5-12(11)9-16-14;/h2-5,13-14,16H,6-10H2,1H3;1H. The summed E-state index contributed by atoms with van der Waals surface area (Å²) in [6, 6.07) is 8.48. The van der Waals surface area contributed by atoms with Crippen LogP contribution in [0.25, 0.3) is 0 Å². The highest BCUT2D eigenvalue weighted by molar-refractivity contribution is 5.85. The summed E-state index contributed by atoms with van der Waals surface area (Å²) in [6.45, 7) is 2.22. The van der Waals surface area contributed by atoms with Gasteiger partial charge in [-0.15, -0.1) is 12.4 Å². The van der Waals surface area contributed by atoms with E-state index in [4.69, 9.17) is 4.74 Å². The molecule has 0 radical (unpaired) electrons. The van der Waals surface area contributed by atoms with Gasteiger partial charge in [-0.2, -0.15) is 0 Å². The maximum atomic E-state index is 12.5. The molecule has 0 saturated carbocycles. The number of nitrogens with zero attached hydrogens (tertiary/aromatic N) is 1.